The Kier molecular flexibility index (Phi) is 8.62. The zero-order chi connectivity index (χ0) is 25.3. The monoisotopic (exact) mass is 510 g/mol. The van der Waals surface area contributed by atoms with Crippen LogP contribution >= 0.6 is 11.6 Å². The van der Waals surface area contributed by atoms with E-state index in [0.717, 1.165) is 16.0 Å². The molecule has 1 unspecified atom stereocenters. The average Bonchev–Trinajstić information content (AvgIpc) is 3.47. The molecule has 3 aromatic rings. The van der Waals surface area contributed by atoms with Gasteiger partial charge in [-0.15, -0.1) is 11.6 Å². The normalized spacial score (nSPS) is 15.5. The quantitative estimate of drug-likeness (QED) is 0.304. The molecule has 4 rings (SSSR count). The van der Waals surface area contributed by atoms with Gasteiger partial charge < -0.3 is 18.6 Å². The summed E-state index contributed by atoms with van der Waals surface area (Å²) in [6.07, 6.45) is 5.29. The molecule has 1 fully saturated rings. The predicted octanol–water partition coefficient (Wildman–Crippen LogP) is 5.34. The van der Waals surface area contributed by atoms with E-state index in [4.69, 9.17) is 30.2 Å². The first-order valence-corrected chi connectivity index (χ1v) is 12.2. The third-order valence-electron chi connectivity index (χ3n) is 5.61. The van der Waals surface area contributed by atoms with Gasteiger partial charge in [0.25, 0.3) is 5.91 Å². The number of halogens is 1. The van der Waals surface area contributed by atoms with Crippen LogP contribution in [0.3, 0.4) is 0 Å². The molecule has 2 heterocycles. The molecule has 1 aromatic heterocycles. The number of aryl methyl sites for hydroxylation is 1. The number of hydrogen-bond acceptors (Lipinski definition) is 7. The minimum atomic E-state index is -0.795. The fraction of sp³-hybridized carbons (Fsp3) is 0.296. The largest absolute Gasteiger partial charge is 0.493 e. The Morgan fingerprint density at radius 1 is 1.11 bits per heavy atom. The van der Waals surface area contributed by atoms with E-state index in [-0.39, 0.29) is 19.1 Å². The Hall–Kier alpha value is -3.78. The van der Waals surface area contributed by atoms with Gasteiger partial charge in [0.15, 0.2) is 17.6 Å². The lowest BCUT2D eigenvalue weighted by atomic mass is 10.1. The number of benzene rings is 2. The van der Waals surface area contributed by atoms with E-state index in [0.29, 0.717) is 48.2 Å². The van der Waals surface area contributed by atoms with Crippen LogP contribution < -0.4 is 9.47 Å². The van der Waals surface area contributed by atoms with Crippen molar-refractivity contribution in [3.63, 3.8) is 0 Å². The third kappa shape index (κ3) is 6.46. The molecule has 0 saturated carbocycles. The summed E-state index contributed by atoms with van der Waals surface area (Å²) in [7, 11) is 1.57. The van der Waals surface area contributed by atoms with Crippen molar-refractivity contribution in [2.75, 3.05) is 19.5 Å². The number of aromatic nitrogens is 1. The van der Waals surface area contributed by atoms with Gasteiger partial charge in [-0.05, 0) is 48.6 Å². The zero-order valence-electron chi connectivity index (χ0n) is 19.9. The Labute approximate surface area is 214 Å². The van der Waals surface area contributed by atoms with E-state index < -0.39 is 12.2 Å². The van der Waals surface area contributed by atoms with E-state index in [2.05, 4.69) is 4.98 Å². The number of rotatable bonds is 12. The highest BCUT2D eigenvalue weighted by Crippen LogP contribution is 2.30. The second kappa shape index (κ2) is 12.3. The predicted molar refractivity (Wildman–Crippen MR) is 135 cm³/mol. The maximum Gasteiger partial charge on any atom is 0.417 e. The van der Waals surface area contributed by atoms with Crippen molar-refractivity contribution in [3.8, 4) is 11.5 Å². The van der Waals surface area contributed by atoms with Crippen LogP contribution in [0.15, 0.2) is 59.2 Å². The van der Waals surface area contributed by atoms with Gasteiger partial charge in [-0.3, -0.25) is 4.79 Å². The maximum atomic E-state index is 12.5. The number of methoxy groups -OCH3 is 1. The van der Waals surface area contributed by atoms with E-state index in [9.17, 15) is 9.59 Å². The van der Waals surface area contributed by atoms with E-state index >= 15 is 0 Å². The second-order valence-electron chi connectivity index (χ2n) is 8.14. The molecule has 0 N–H and O–H groups in total. The first-order valence-electron chi connectivity index (χ1n) is 11.6. The van der Waals surface area contributed by atoms with Gasteiger partial charge in [-0.2, -0.15) is 0 Å². The maximum absolute atomic E-state index is 12.5. The smallest absolute Gasteiger partial charge is 0.417 e. The van der Waals surface area contributed by atoms with Crippen molar-refractivity contribution in [3.05, 3.63) is 77.5 Å². The van der Waals surface area contributed by atoms with E-state index in [1.165, 1.54) is 0 Å². The topological polar surface area (TPSA) is 91.1 Å². The summed E-state index contributed by atoms with van der Waals surface area (Å²) in [5.41, 5.74) is 2.60. The van der Waals surface area contributed by atoms with Gasteiger partial charge in [0.05, 0.1) is 7.11 Å². The van der Waals surface area contributed by atoms with Crippen molar-refractivity contribution in [1.29, 1.82) is 0 Å². The van der Waals surface area contributed by atoms with Crippen molar-refractivity contribution in [1.82, 2.24) is 9.88 Å². The lowest BCUT2D eigenvalue weighted by Crippen LogP contribution is -2.32. The summed E-state index contributed by atoms with van der Waals surface area (Å²) in [6, 6.07) is 15.4. The van der Waals surface area contributed by atoms with E-state index in [1.54, 1.807) is 25.5 Å². The third-order valence-corrected chi connectivity index (χ3v) is 5.87. The molecule has 36 heavy (non-hydrogen) atoms. The van der Waals surface area contributed by atoms with Crippen LogP contribution in [-0.2, 0) is 22.6 Å². The second-order valence-corrected chi connectivity index (χ2v) is 8.52. The summed E-state index contributed by atoms with van der Waals surface area (Å²) in [5, 5.41) is 0. The fourth-order valence-electron chi connectivity index (χ4n) is 3.74. The van der Waals surface area contributed by atoms with Gasteiger partial charge in [0.1, 0.15) is 18.6 Å². The fourth-order valence-corrected chi connectivity index (χ4v) is 3.86. The Morgan fingerprint density at radius 3 is 2.72 bits per heavy atom. The number of carbonyl (C=O) groups excluding carboxylic acids is 2. The zero-order valence-corrected chi connectivity index (χ0v) is 20.6. The number of hydrogen-bond donors (Lipinski definition) is 0. The molecule has 2 aromatic carbocycles. The molecule has 2 amide bonds. The highest BCUT2D eigenvalue weighted by Gasteiger charge is 2.39. The van der Waals surface area contributed by atoms with Crippen molar-refractivity contribution in [2.24, 2.45) is 0 Å². The molecule has 8 nitrogen and oxygen atoms in total. The number of carbonyl (C=O) groups is 2. The van der Waals surface area contributed by atoms with Crippen LogP contribution in [0.5, 0.6) is 11.5 Å². The number of alkyl halides is 1. The van der Waals surface area contributed by atoms with Crippen molar-refractivity contribution >= 4 is 35.8 Å². The molecular weight excluding hydrogens is 484 g/mol. The summed E-state index contributed by atoms with van der Waals surface area (Å²) < 4.78 is 22.1. The van der Waals surface area contributed by atoms with Crippen LogP contribution in [-0.4, -0.2) is 47.5 Å². The molecule has 9 heteroatoms. The molecule has 1 atom stereocenters. The Morgan fingerprint density at radius 2 is 1.94 bits per heavy atom. The molecule has 1 aliphatic heterocycles. The molecule has 1 saturated heterocycles. The number of nitrogens with zero attached hydrogens (tertiary/aromatic N) is 2. The molecule has 1 aliphatic rings. The van der Waals surface area contributed by atoms with Gasteiger partial charge in [-0.25, -0.2) is 14.7 Å². The number of cyclic esters (lactones) is 1. The van der Waals surface area contributed by atoms with Crippen LogP contribution in [0.1, 0.15) is 35.6 Å². The van der Waals surface area contributed by atoms with Crippen molar-refractivity contribution < 1.29 is 28.2 Å². The lowest BCUT2D eigenvalue weighted by molar-refractivity contribution is -0.129. The van der Waals surface area contributed by atoms with Gasteiger partial charge >= 0.3 is 6.09 Å². The molecule has 0 radical (unpaired) electrons. The first-order chi connectivity index (χ1) is 17.6. The molecule has 0 bridgehead atoms. The van der Waals surface area contributed by atoms with Gasteiger partial charge in [-0.1, -0.05) is 36.4 Å². The number of amides is 2. The van der Waals surface area contributed by atoms with Crippen LogP contribution in [0.25, 0.3) is 12.2 Å². The van der Waals surface area contributed by atoms with Crippen LogP contribution in [0.4, 0.5) is 4.79 Å². The summed E-state index contributed by atoms with van der Waals surface area (Å²) in [5.74, 6) is 1.64. The minimum Gasteiger partial charge on any atom is -0.493 e. The van der Waals surface area contributed by atoms with Crippen LogP contribution in [0, 0.1) is 0 Å². The summed E-state index contributed by atoms with van der Waals surface area (Å²) in [6.45, 7) is 0.459. The number of imide groups is 1. The number of ether oxygens (including phenoxy) is 3. The van der Waals surface area contributed by atoms with Crippen LogP contribution in [0.2, 0.25) is 0 Å². The highest BCUT2D eigenvalue weighted by atomic mass is 35.5. The number of oxazole rings is 1. The Bertz CT molecular complexity index is 1210. The molecule has 0 aliphatic carbocycles. The molecular formula is C27H27ClN2O6. The SMILES string of the molecule is COc1ccc(CCC2OC(=O)N(CCCCl)C2=O)cc1OCc1coc(/C=C/c2ccccc2)n1. The average molecular weight is 511 g/mol. The standard InChI is InChI=1S/C27H27ClN2O6/c1-33-22-11-8-20(9-12-23-26(31)30(15-5-14-28)27(32)36-23)16-24(22)34-17-21-18-35-25(29-21)13-10-19-6-3-2-4-7-19/h2-4,6-8,10-11,13,16,18,23H,5,9,12,14-15,17H2,1H3/b13-10+. The van der Waals surface area contributed by atoms with Gasteiger partial charge in [0.2, 0.25) is 5.89 Å². The lowest BCUT2D eigenvalue weighted by Gasteiger charge is -2.12. The molecule has 188 valence electrons. The van der Waals surface area contributed by atoms with Crippen molar-refractivity contribution in [2.45, 2.75) is 32.0 Å². The van der Waals surface area contributed by atoms with E-state index in [1.807, 2.05) is 48.5 Å². The Balaban J connectivity index is 1.34. The highest BCUT2D eigenvalue weighted by molar-refractivity contribution is 6.17. The van der Waals surface area contributed by atoms with Gasteiger partial charge in [0, 0.05) is 18.5 Å². The molecule has 0 spiro atoms. The summed E-state index contributed by atoms with van der Waals surface area (Å²) >= 11 is 5.67. The minimum absolute atomic E-state index is 0.191. The first kappa shape index (κ1) is 25.3. The summed E-state index contributed by atoms with van der Waals surface area (Å²) in [4.78, 5) is 30.0.